The van der Waals surface area contributed by atoms with Crippen LogP contribution < -0.4 is 10.6 Å². The first-order valence-corrected chi connectivity index (χ1v) is 8.18. The topological polar surface area (TPSA) is 39.7 Å². The van der Waals surface area contributed by atoms with E-state index < -0.39 is 0 Å². The summed E-state index contributed by atoms with van der Waals surface area (Å²) >= 11 is 1.77. The molecule has 0 spiro atoms. The number of likely N-dealkylation sites (N-methyl/N-ethyl adjacent to an activating group) is 1. The molecule has 2 N–H and O–H groups in total. The van der Waals surface area contributed by atoms with Gasteiger partial charge in [0.15, 0.2) is 5.96 Å². The van der Waals surface area contributed by atoms with E-state index in [0.29, 0.717) is 6.04 Å². The number of nitrogens with zero attached hydrogens (tertiary/aromatic N) is 2. The van der Waals surface area contributed by atoms with E-state index in [1.54, 1.807) is 11.3 Å². The van der Waals surface area contributed by atoms with Gasteiger partial charge in [0.25, 0.3) is 0 Å². The van der Waals surface area contributed by atoms with Crippen LogP contribution in [-0.2, 0) is 6.54 Å². The lowest BCUT2D eigenvalue weighted by Crippen LogP contribution is -2.42. The molecule has 0 unspecified atom stereocenters. The molecular weight excluding hydrogens is 395 g/mol. The van der Waals surface area contributed by atoms with Crippen molar-refractivity contribution in [2.45, 2.75) is 40.3 Å². The molecule has 1 heterocycles. The third-order valence-electron chi connectivity index (χ3n) is 3.33. The minimum atomic E-state index is 0. The second-order valence-electron chi connectivity index (χ2n) is 5.22. The summed E-state index contributed by atoms with van der Waals surface area (Å²) in [6.07, 6.45) is 0. The molecule has 0 aliphatic carbocycles. The average Bonchev–Trinajstić information content (AvgIpc) is 2.81. The fourth-order valence-electron chi connectivity index (χ4n) is 1.67. The zero-order chi connectivity index (χ0) is 15.0. The fraction of sp³-hybridized carbons (Fsp3) is 0.667. The number of halogens is 1. The van der Waals surface area contributed by atoms with Gasteiger partial charge in [-0.1, -0.05) is 0 Å². The smallest absolute Gasteiger partial charge is 0.191 e. The third-order valence-corrected chi connectivity index (χ3v) is 4.34. The van der Waals surface area contributed by atoms with Crippen LogP contribution in [0.4, 0.5) is 0 Å². The summed E-state index contributed by atoms with van der Waals surface area (Å²) in [4.78, 5) is 8.30. The first-order valence-electron chi connectivity index (χ1n) is 7.30. The highest BCUT2D eigenvalue weighted by Crippen LogP contribution is 2.16. The van der Waals surface area contributed by atoms with Gasteiger partial charge in [0.05, 0.1) is 6.54 Å². The molecule has 0 aliphatic heterocycles. The lowest BCUT2D eigenvalue weighted by Gasteiger charge is -2.21. The Balaban J connectivity index is 0.00000400. The number of thiophene rings is 1. The molecule has 0 saturated carbocycles. The van der Waals surface area contributed by atoms with Crippen molar-refractivity contribution in [2.24, 2.45) is 4.99 Å². The molecule has 0 fully saturated rings. The van der Waals surface area contributed by atoms with Crippen molar-refractivity contribution in [1.82, 2.24) is 15.5 Å². The van der Waals surface area contributed by atoms with Crippen LogP contribution in [0, 0.1) is 6.92 Å². The van der Waals surface area contributed by atoms with Crippen molar-refractivity contribution in [3.63, 3.8) is 0 Å². The first-order chi connectivity index (χ1) is 9.54. The summed E-state index contributed by atoms with van der Waals surface area (Å²) in [6, 6.07) is 2.72. The van der Waals surface area contributed by atoms with Gasteiger partial charge in [0.1, 0.15) is 0 Å². The molecule has 0 saturated heterocycles. The van der Waals surface area contributed by atoms with E-state index in [2.05, 4.69) is 66.7 Å². The van der Waals surface area contributed by atoms with E-state index in [-0.39, 0.29) is 24.0 Å². The summed E-state index contributed by atoms with van der Waals surface area (Å²) in [6.45, 7) is 12.2. The highest BCUT2D eigenvalue weighted by Gasteiger charge is 2.04. The number of hydrogen-bond acceptors (Lipinski definition) is 3. The quantitative estimate of drug-likeness (QED) is 0.402. The lowest BCUT2D eigenvalue weighted by molar-refractivity contribution is 0.278. The van der Waals surface area contributed by atoms with E-state index >= 15 is 0 Å². The summed E-state index contributed by atoms with van der Waals surface area (Å²) in [5.74, 6) is 0.900. The first kappa shape index (κ1) is 20.7. The van der Waals surface area contributed by atoms with Crippen molar-refractivity contribution in [3.05, 3.63) is 21.9 Å². The lowest BCUT2D eigenvalue weighted by atomic mass is 10.3. The molecule has 4 nitrogen and oxygen atoms in total. The molecule has 0 aliphatic rings. The summed E-state index contributed by atoms with van der Waals surface area (Å²) < 4.78 is 0. The maximum absolute atomic E-state index is 4.64. The zero-order valence-electron chi connectivity index (χ0n) is 13.8. The predicted octanol–water partition coefficient (Wildman–Crippen LogP) is 3.07. The van der Waals surface area contributed by atoms with Crippen molar-refractivity contribution in [3.8, 4) is 0 Å². The largest absolute Gasteiger partial charge is 0.357 e. The van der Waals surface area contributed by atoms with Crippen LogP contribution in [0.15, 0.2) is 16.4 Å². The molecule has 1 aromatic rings. The predicted molar refractivity (Wildman–Crippen MR) is 105 cm³/mol. The second-order valence-corrected chi connectivity index (χ2v) is 6.22. The monoisotopic (exact) mass is 424 g/mol. The van der Waals surface area contributed by atoms with Gasteiger partial charge in [0.2, 0.25) is 0 Å². The van der Waals surface area contributed by atoms with Crippen molar-refractivity contribution in [1.29, 1.82) is 0 Å². The van der Waals surface area contributed by atoms with E-state index in [4.69, 9.17) is 0 Å². The molecule has 0 amide bonds. The van der Waals surface area contributed by atoms with Crippen LogP contribution in [0.3, 0.4) is 0 Å². The van der Waals surface area contributed by atoms with Crippen LogP contribution in [0.5, 0.6) is 0 Å². The molecule has 21 heavy (non-hydrogen) atoms. The maximum atomic E-state index is 4.64. The average molecular weight is 424 g/mol. The highest BCUT2D eigenvalue weighted by molar-refractivity contribution is 14.0. The van der Waals surface area contributed by atoms with E-state index in [9.17, 15) is 0 Å². The maximum Gasteiger partial charge on any atom is 0.191 e. The third kappa shape index (κ3) is 8.01. The van der Waals surface area contributed by atoms with Gasteiger partial charge in [-0.15, -0.1) is 35.3 Å². The van der Waals surface area contributed by atoms with Gasteiger partial charge < -0.3 is 15.5 Å². The Hall–Kier alpha value is -0.340. The van der Waals surface area contributed by atoms with Crippen molar-refractivity contribution in [2.75, 3.05) is 26.7 Å². The molecule has 0 radical (unpaired) electrons. The SMILES string of the molecule is CCNC(=NCc1sccc1C)NCCN(C)C(C)C.I. The molecule has 6 heteroatoms. The van der Waals surface area contributed by atoms with Gasteiger partial charge in [-0.3, -0.25) is 0 Å². The number of nitrogens with one attached hydrogen (secondary N) is 2. The van der Waals surface area contributed by atoms with Crippen LogP contribution >= 0.6 is 35.3 Å². The molecule has 0 bridgehead atoms. The molecule has 1 rings (SSSR count). The van der Waals surface area contributed by atoms with Crippen LogP contribution in [-0.4, -0.2) is 43.6 Å². The Morgan fingerprint density at radius 3 is 2.62 bits per heavy atom. The summed E-state index contributed by atoms with van der Waals surface area (Å²) in [5.41, 5.74) is 1.33. The molecule has 122 valence electrons. The Morgan fingerprint density at radius 1 is 1.38 bits per heavy atom. The summed E-state index contributed by atoms with van der Waals surface area (Å²) in [7, 11) is 2.14. The number of rotatable bonds is 7. The van der Waals surface area contributed by atoms with Gasteiger partial charge in [0, 0.05) is 30.6 Å². The molecule has 0 atom stereocenters. The van der Waals surface area contributed by atoms with Gasteiger partial charge in [-0.2, -0.15) is 0 Å². The van der Waals surface area contributed by atoms with E-state index in [0.717, 1.165) is 32.1 Å². The van der Waals surface area contributed by atoms with Gasteiger partial charge in [-0.25, -0.2) is 4.99 Å². The fourth-order valence-corrected chi connectivity index (χ4v) is 2.50. The molecule has 1 aromatic heterocycles. The number of guanidine groups is 1. The number of aryl methyl sites for hydroxylation is 1. The Bertz CT molecular complexity index is 418. The standard InChI is InChI=1S/C15H28N4S.HI/c1-6-16-15(17-8-9-19(5)12(2)3)18-11-14-13(4)7-10-20-14;/h7,10,12H,6,8-9,11H2,1-5H3,(H2,16,17,18);1H. The summed E-state index contributed by atoms with van der Waals surface area (Å²) in [5, 5.41) is 8.81. The Morgan fingerprint density at radius 2 is 2.10 bits per heavy atom. The van der Waals surface area contributed by atoms with Gasteiger partial charge >= 0.3 is 0 Å². The minimum Gasteiger partial charge on any atom is -0.357 e. The van der Waals surface area contributed by atoms with Crippen LogP contribution in [0.1, 0.15) is 31.2 Å². The van der Waals surface area contributed by atoms with Crippen LogP contribution in [0.25, 0.3) is 0 Å². The number of hydrogen-bond donors (Lipinski definition) is 2. The number of aliphatic imine (C=N–C) groups is 1. The zero-order valence-corrected chi connectivity index (χ0v) is 16.9. The van der Waals surface area contributed by atoms with Crippen molar-refractivity contribution >= 4 is 41.3 Å². The van der Waals surface area contributed by atoms with Crippen molar-refractivity contribution < 1.29 is 0 Å². The van der Waals surface area contributed by atoms with E-state index in [1.165, 1.54) is 10.4 Å². The second kappa shape index (κ2) is 11.3. The Kier molecular flexibility index (Phi) is 11.1. The van der Waals surface area contributed by atoms with Crippen LogP contribution in [0.2, 0.25) is 0 Å². The van der Waals surface area contributed by atoms with Gasteiger partial charge in [-0.05, 0) is 51.8 Å². The highest BCUT2D eigenvalue weighted by atomic mass is 127. The minimum absolute atomic E-state index is 0. The Labute approximate surface area is 150 Å². The van der Waals surface area contributed by atoms with E-state index in [1.807, 2.05) is 0 Å². The molecule has 0 aromatic carbocycles. The molecular formula is C15H29IN4S. The normalized spacial score (nSPS) is 11.7.